The molecule has 0 radical (unpaired) electrons. The Kier molecular flexibility index (Phi) is 4.69. The average Bonchev–Trinajstić information content (AvgIpc) is 2.49. The fourth-order valence-electron chi connectivity index (χ4n) is 1.54. The first-order valence-electron chi connectivity index (χ1n) is 5.93. The second-order valence-electron chi connectivity index (χ2n) is 4.07. The fourth-order valence-corrected chi connectivity index (χ4v) is 1.65. The summed E-state index contributed by atoms with van der Waals surface area (Å²) in [6.45, 7) is -0.0409. The van der Waals surface area contributed by atoms with Gasteiger partial charge in [0.15, 0.2) is 0 Å². The van der Waals surface area contributed by atoms with Crippen LogP contribution in [-0.4, -0.2) is 17.4 Å². The lowest BCUT2D eigenvalue weighted by Gasteiger charge is -2.07. The van der Waals surface area contributed by atoms with Gasteiger partial charge in [-0.25, -0.2) is 9.37 Å². The topological polar surface area (TPSA) is 77.8 Å². The number of carbonyl (C=O) groups is 1. The van der Waals surface area contributed by atoms with Crippen molar-refractivity contribution in [3.63, 3.8) is 0 Å². The van der Waals surface area contributed by atoms with Gasteiger partial charge in [-0.05, 0) is 30.3 Å². The van der Waals surface area contributed by atoms with Gasteiger partial charge in [-0.1, -0.05) is 11.6 Å². The van der Waals surface area contributed by atoms with Crippen LogP contribution < -0.4 is 10.6 Å². The van der Waals surface area contributed by atoms with Crippen molar-refractivity contribution in [1.82, 2.24) is 4.98 Å². The van der Waals surface area contributed by atoms with Crippen molar-refractivity contribution in [2.75, 3.05) is 17.2 Å². The summed E-state index contributed by atoms with van der Waals surface area (Å²) in [5, 5.41) is 14.6. The van der Waals surface area contributed by atoms with Gasteiger partial charge in [-0.15, -0.1) is 0 Å². The molecule has 21 heavy (non-hydrogen) atoms. The monoisotopic (exact) mass is 304 g/mol. The zero-order valence-corrected chi connectivity index (χ0v) is 11.5. The van der Waals surface area contributed by atoms with Crippen molar-refractivity contribution in [2.24, 2.45) is 0 Å². The summed E-state index contributed by atoms with van der Waals surface area (Å²) in [5.41, 5.74) is 0.395. The van der Waals surface area contributed by atoms with Crippen LogP contribution in [0.4, 0.5) is 15.9 Å². The Hall–Kier alpha value is -2.65. The van der Waals surface area contributed by atoms with Crippen molar-refractivity contribution < 1.29 is 9.18 Å². The van der Waals surface area contributed by atoms with Gasteiger partial charge in [0.05, 0.1) is 17.1 Å². The third kappa shape index (κ3) is 4.16. The molecule has 0 saturated heterocycles. The Morgan fingerprint density at radius 1 is 1.38 bits per heavy atom. The van der Waals surface area contributed by atoms with E-state index in [-0.39, 0.29) is 18.0 Å². The van der Waals surface area contributed by atoms with E-state index in [0.29, 0.717) is 16.5 Å². The third-order valence-electron chi connectivity index (χ3n) is 2.53. The number of rotatable bonds is 4. The molecule has 1 aromatic carbocycles. The number of benzene rings is 1. The molecule has 0 fully saturated rings. The summed E-state index contributed by atoms with van der Waals surface area (Å²) in [6.07, 6.45) is 1.42. The molecule has 0 spiro atoms. The highest BCUT2D eigenvalue weighted by atomic mass is 35.5. The molecule has 0 aliphatic rings. The summed E-state index contributed by atoms with van der Waals surface area (Å²) < 4.78 is 13.1. The quantitative estimate of drug-likeness (QED) is 0.910. The minimum Gasteiger partial charge on any atom is -0.376 e. The predicted octanol–water partition coefficient (Wildman–Crippen LogP) is 2.80. The zero-order valence-electron chi connectivity index (χ0n) is 10.7. The van der Waals surface area contributed by atoms with E-state index in [1.54, 1.807) is 18.2 Å². The molecule has 0 unspecified atom stereocenters. The Balaban J connectivity index is 1.92. The van der Waals surface area contributed by atoms with E-state index in [1.165, 1.54) is 24.4 Å². The highest BCUT2D eigenvalue weighted by molar-refractivity contribution is 6.30. The number of hydrogen-bond donors (Lipinski definition) is 2. The van der Waals surface area contributed by atoms with Crippen LogP contribution in [0.5, 0.6) is 0 Å². The molecule has 0 saturated carbocycles. The zero-order chi connectivity index (χ0) is 15.2. The maximum Gasteiger partial charge on any atom is 0.244 e. The molecular formula is C14H10ClFN4O. The van der Waals surface area contributed by atoms with Crippen molar-refractivity contribution in [3.8, 4) is 6.07 Å². The molecule has 0 atom stereocenters. The summed E-state index contributed by atoms with van der Waals surface area (Å²) in [5.74, 6) is -0.548. The smallest absolute Gasteiger partial charge is 0.244 e. The molecule has 7 heteroatoms. The van der Waals surface area contributed by atoms with Crippen LogP contribution in [0.15, 0.2) is 36.5 Å². The average molecular weight is 305 g/mol. The number of halogens is 2. The molecule has 2 aromatic rings. The number of nitrogens with one attached hydrogen (secondary N) is 2. The Labute approximate surface area is 125 Å². The second-order valence-corrected chi connectivity index (χ2v) is 4.51. The van der Waals surface area contributed by atoms with E-state index < -0.39 is 5.82 Å². The van der Waals surface area contributed by atoms with E-state index in [4.69, 9.17) is 16.9 Å². The number of pyridine rings is 1. The fraction of sp³-hybridized carbons (Fsp3) is 0.0714. The number of anilines is 2. The first kappa shape index (κ1) is 14.8. The van der Waals surface area contributed by atoms with Gasteiger partial charge in [0.1, 0.15) is 17.7 Å². The van der Waals surface area contributed by atoms with Crippen LogP contribution in [-0.2, 0) is 4.79 Å². The van der Waals surface area contributed by atoms with Crippen molar-refractivity contribution in [2.45, 2.75) is 0 Å². The number of amides is 1. The normalized spacial score (nSPS) is 9.76. The van der Waals surface area contributed by atoms with Crippen molar-refractivity contribution >= 4 is 29.0 Å². The van der Waals surface area contributed by atoms with Gasteiger partial charge in [0.25, 0.3) is 0 Å². The number of nitrogens with zero attached hydrogens (tertiary/aromatic N) is 2. The molecule has 106 valence electrons. The van der Waals surface area contributed by atoms with E-state index in [1.807, 2.05) is 0 Å². The molecule has 0 bridgehead atoms. The van der Waals surface area contributed by atoms with Crippen LogP contribution in [0, 0.1) is 17.1 Å². The predicted molar refractivity (Wildman–Crippen MR) is 77.5 cm³/mol. The highest BCUT2D eigenvalue weighted by Gasteiger charge is 2.06. The molecular weight excluding hydrogens is 295 g/mol. The van der Waals surface area contributed by atoms with Crippen LogP contribution in [0.3, 0.4) is 0 Å². The van der Waals surface area contributed by atoms with Gasteiger partial charge in [0.2, 0.25) is 5.91 Å². The Morgan fingerprint density at radius 3 is 2.86 bits per heavy atom. The number of carbonyl (C=O) groups excluding carboxylic acids is 1. The van der Waals surface area contributed by atoms with Crippen molar-refractivity contribution in [1.29, 1.82) is 5.26 Å². The van der Waals surface area contributed by atoms with Gasteiger partial charge in [0, 0.05) is 11.9 Å². The minimum atomic E-state index is -0.599. The molecule has 0 aliphatic carbocycles. The van der Waals surface area contributed by atoms with E-state index >= 15 is 0 Å². The van der Waals surface area contributed by atoms with Gasteiger partial charge >= 0.3 is 0 Å². The Bertz CT molecular complexity index is 697. The van der Waals surface area contributed by atoms with Gasteiger partial charge < -0.3 is 10.6 Å². The first-order chi connectivity index (χ1) is 10.1. The van der Waals surface area contributed by atoms with Crippen LogP contribution in [0.1, 0.15) is 5.56 Å². The molecule has 5 nitrogen and oxygen atoms in total. The highest BCUT2D eigenvalue weighted by Crippen LogP contribution is 2.14. The molecule has 1 heterocycles. The summed E-state index contributed by atoms with van der Waals surface area (Å²) >= 11 is 5.69. The van der Waals surface area contributed by atoms with Gasteiger partial charge in [-0.2, -0.15) is 5.26 Å². The van der Waals surface area contributed by atoms with Crippen molar-refractivity contribution in [3.05, 3.63) is 52.9 Å². The maximum atomic E-state index is 13.1. The number of nitriles is 1. The van der Waals surface area contributed by atoms with Crippen LogP contribution >= 0.6 is 11.6 Å². The molecule has 2 N–H and O–H groups in total. The first-order valence-corrected chi connectivity index (χ1v) is 6.31. The Morgan fingerprint density at radius 2 is 2.19 bits per heavy atom. The summed E-state index contributed by atoms with van der Waals surface area (Å²) in [4.78, 5) is 15.6. The largest absolute Gasteiger partial charge is 0.376 e. The third-order valence-corrected chi connectivity index (χ3v) is 2.76. The SMILES string of the molecule is N#Cc1cc(NCC(=O)Nc2ccc(Cl)cn2)ccc1F. The molecule has 0 aliphatic heterocycles. The molecule has 1 amide bonds. The minimum absolute atomic E-state index is 0.0409. The summed E-state index contributed by atoms with van der Waals surface area (Å²) in [7, 11) is 0. The number of aromatic nitrogens is 1. The molecule has 1 aromatic heterocycles. The van der Waals surface area contributed by atoms with E-state index in [2.05, 4.69) is 15.6 Å². The number of hydrogen-bond acceptors (Lipinski definition) is 4. The van der Waals surface area contributed by atoms with Crippen LogP contribution in [0.2, 0.25) is 5.02 Å². The lowest BCUT2D eigenvalue weighted by molar-refractivity contribution is -0.114. The molecule has 2 rings (SSSR count). The van der Waals surface area contributed by atoms with E-state index in [9.17, 15) is 9.18 Å². The van der Waals surface area contributed by atoms with Crippen LogP contribution in [0.25, 0.3) is 0 Å². The van der Waals surface area contributed by atoms with Gasteiger partial charge in [-0.3, -0.25) is 4.79 Å². The van der Waals surface area contributed by atoms with E-state index in [0.717, 1.165) is 0 Å². The lowest BCUT2D eigenvalue weighted by Crippen LogP contribution is -2.22. The summed E-state index contributed by atoms with van der Waals surface area (Å²) in [6, 6.07) is 8.86. The maximum absolute atomic E-state index is 13.1. The standard InChI is InChI=1S/C14H10ClFN4O/c15-10-1-4-13(19-7-10)20-14(21)8-18-11-2-3-12(16)9(5-11)6-17/h1-5,7,18H,8H2,(H,19,20,21). The second kappa shape index (κ2) is 6.68. The lowest BCUT2D eigenvalue weighted by atomic mass is 10.2.